The van der Waals surface area contributed by atoms with Crippen molar-refractivity contribution in [2.75, 3.05) is 0 Å². The van der Waals surface area contributed by atoms with Gasteiger partial charge in [0.05, 0.1) is 13.8 Å². The summed E-state index contributed by atoms with van der Waals surface area (Å²) in [6, 6.07) is 6.73. The van der Waals surface area contributed by atoms with Gasteiger partial charge in [0.2, 0.25) is 0 Å². The molecular weight excluding hydrogens is 332 g/mol. The summed E-state index contributed by atoms with van der Waals surface area (Å²) in [5, 5.41) is 1.55. The molecule has 3 saturated carbocycles. The second-order valence-corrected chi connectivity index (χ2v) is 14.9. The summed E-state index contributed by atoms with van der Waals surface area (Å²) in [5.74, 6) is 3.41. The molecule has 0 radical (unpaired) electrons. The number of rotatable bonds is 5. The Morgan fingerprint density at radius 3 is 2.35 bits per heavy atom. The second kappa shape index (κ2) is 6.60. The van der Waals surface area contributed by atoms with Crippen LogP contribution >= 0.6 is 0 Å². The Balaban J connectivity index is 1.66. The second-order valence-electron chi connectivity index (χ2n) is 9.90. The van der Waals surface area contributed by atoms with E-state index in [4.69, 9.17) is 4.98 Å². The summed E-state index contributed by atoms with van der Waals surface area (Å²) in [6.07, 6.45) is 9.89. The Morgan fingerprint density at radius 1 is 1.04 bits per heavy atom. The van der Waals surface area contributed by atoms with Crippen molar-refractivity contribution >= 4 is 13.3 Å². The molecule has 26 heavy (non-hydrogen) atoms. The molecule has 3 heteroatoms. The van der Waals surface area contributed by atoms with Gasteiger partial charge in [0, 0.05) is 23.7 Å². The molecule has 2 bridgehead atoms. The van der Waals surface area contributed by atoms with E-state index in [1.54, 1.807) is 10.8 Å². The fourth-order valence-electron chi connectivity index (χ4n) is 4.92. The summed E-state index contributed by atoms with van der Waals surface area (Å²) in [7, 11) is -1.38. The fraction of sp³-hybridized carbons (Fsp3) is 0.565. The van der Waals surface area contributed by atoms with Crippen molar-refractivity contribution in [3.8, 4) is 11.3 Å². The quantitative estimate of drug-likeness (QED) is 0.664. The van der Waals surface area contributed by atoms with Crippen LogP contribution in [0.3, 0.4) is 0 Å². The van der Waals surface area contributed by atoms with E-state index < -0.39 is 8.07 Å². The summed E-state index contributed by atoms with van der Waals surface area (Å²) in [6.45, 7) is 11.7. The van der Waals surface area contributed by atoms with Crippen LogP contribution in [0.5, 0.6) is 0 Å². The number of hydrogen-bond acceptors (Lipinski definition) is 2. The van der Waals surface area contributed by atoms with Gasteiger partial charge >= 0.3 is 0 Å². The van der Waals surface area contributed by atoms with Crippen molar-refractivity contribution in [2.24, 2.45) is 17.8 Å². The molecule has 2 heterocycles. The van der Waals surface area contributed by atoms with E-state index in [9.17, 15) is 0 Å². The molecule has 0 aromatic carbocycles. The van der Waals surface area contributed by atoms with Crippen LogP contribution in [0.2, 0.25) is 19.6 Å². The minimum Gasteiger partial charge on any atom is -0.260 e. The summed E-state index contributed by atoms with van der Waals surface area (Å²) >= 11 is 0. The molecular formula is C23H32N2Si. The van der Waals surface area contributed by atoms with Crippen molar-refractivity contribution in [3.05, 3.63) is 41.9 Å². The first-order valence-corrected chi connectivity index (χ1v) is 13.8. The molecule has 0 saturated heterocycles. The van der Waals surface area contributed by atoms with Gasteiger partial charge in [-0.3, -0.25) is 9.97 Å². The summed E-state index contributed by atoms with van der Waals surface area (Å²) < 4.78 is 0. The van der Waals surface area contributed by atoms with E-state index in [2.05, 4.69) is 62.9 Å². The Labute approximate surface area is 159 Å². The van der Waals surface area contributed by atoms with Crippen LogP contribution in [0.1, 0.15) is 50.3 Å². The molecule has 1 unspecified atom stereocenters. The smallest absolute Gasteiger partial charge is 0.0799 e. The van der Waals surface area contributed by atoms with Crippen molar-refractivity contribution in [3.63, 3.8) is 0 Å². The van der Waals surface area contributed by atoms with E-state index in [0.29, 0.717) is 5.92 Å². The number of pyridine rings is 2. The van der Waals surface area contributed by atoms with E-state index in [1.165, 1.54) is 25.7 Å². The highest BCUT2D eigenvalue weighted by atomic mass is 28.3. The topological polar surface area (TPSA) is 25.8 Å². The zero-order chi connectivity index (χ0) is 18.5. The lowest BCUT2D eigenvalue weighted by Gasteiger charge is -2.26. The molecule has 0 aliphatic heterocycles. The van der Waals surface area contributed by atoms with E-state index in [0.717, 1.165) is 34.7 Å². The van der Waals surface area contributed by atoms with Crippen LogP contribution in [0.4, 0.5) is 0 Å². The number of aromatic nitrogens is 2. The lowest BCUT2D eigenvalue weighted by Crippen LogP contribution is -2.41. The van der Waals surface area contributed by atoms with Crippen LogP contribution < -0.4 is 5.19 Å². The third-order valence-corrected chi connectivity index (χ3v) is 8.59. The maximum atomic E-state index is 4.85. The maximum Gasteiger partial charge on any atom is 0.0799 e. The summed E-state index contributed by atoms with van der Waals surface area (Å²) in [4.78, 5) is 9.50. The van der Waals surface area contributed by atoms with Crippen LogP contribution in [-0.2, 0) is 6.42 Å². The predicted molar refractivity (Wildman–Crippen MR) is 113 cm³/mol. The zero-order valence-corrected chi connectivity index (χ0v) is 17.9. The number of fused-ring (bicyclic) bond motifs is 1. The SMILES string of the molecule is CC(C)c1ccc(-c2cc(CC3CC4CC3C4)c([Si](C)(C)C)cn2)cn1. The van der Waals surface area contributed by atoms with Gasteiger partial charge in [0.15, 0.2) is 0 Å². The molecule has 2 nitrogen and oxygen atoms in total. The maximum absolute atomic E-state index is 4.85. The van der Waals surface area contributed by atoms with Crippen molar-refractivity contribution in [2.45, 2.75) is 65.1 Å². The standard InChI is InChI=1S/C23H32N2Si/c1-15(2)21-7-6-17(13-24-21)22-12-20(23(14-25-22)26(3,4)5)11-19-10-16-8-18(19)9-16/h6-7,12-16,18-19H,8-11H2,1-5H3. The number of nitrogens with zero attached hydrogens (tertiary/aromatic N) is 2. The molecule has 0 spiro atoms. The Kier molecular flexibility index (Phi) is 4.54. The third-order valence-electron chi connectivity index (χ3n) is 6.53. The van der Waals surface area contributed by atoms with Gasteiger partial charge in [0.1, 0.15) is 0 Å². The van der Waals surface area contributed by atoms with Gasteiger partial charge in [-0.15, -0.1) is 0 Å². The molecule has 3 aliphatic carbocycles. The summed E-state index contributed by atoms with van der Waals surface area (Å²) in [5.41, 5.74) is 4.96. The zero-order valence-electron chi connectivity index (χ0n) is 16.9. The minimum atomic E-state index is -1.38. The molecule has 2 aromatic heterocycles. The van der Waals surface area contributed by atoms with Gasteiger partial charge < -0.3 is 0 Å². The first-order valence-electron chi connectivity index (χ1n) is 10.3. The third kappa shape index (κ3) is 3.38. The van der Waals surface area contributed by atoms with Crippen molar-refractivity contribution in [1.82, 2.24) is 9.97 Å². The largest absolute Gasteiger partial charge is 0.260 e. The lowest BCUT2D eigenvalue weighted by molar-refractivity contribution is 0.274. The van der Waals surface area contributed by atoms with Gasteiger partial charge in [-0.1, -0.05) is 33.5 Å². The molecule has 3 aliphatic rings. The predicted octanol–water partition coefficient (Wildman–Crippen LogP) is 5.40. The Hall–Kier alpha value is -1.48. The fourth-order valence-corrected chi connectivity index (χ4v) is 6.50. The highest BCUT2D eigenvalue weighted by molar-refractivity contribution is 6.89. The van der Waals surface area contributed by atoms with Crippen LogP contribution in [0, 0.1) is 17.8 Å². The van der Waals surface area contributed by atoms with Gasteiger partial charge in [-0.25, -0.2) is 0 Å². The van der Waals surface area contributed by atoms with Crippen molar-refractivity contribution < 1.29 is 0 Å². The molecule has 0 N–H and O–H groups in total. The van der Waals surface area contributed by atoms with Crippen LogP contribution in [0.25, 0.3) is 11.3 Å². The first kappa shape index (κ1) is 17.9. The van der Waals surface area contributed by atoms with Gasteiger partial charge in [-0.2, -0.15) is 0 Å². The monoisotopic (exact) mass is 364 g/mol. The molecule has 1 atom stereocenters. The molecule has 3 fully saturated rings. The highest BCUT2D eigenvalue weighted by Crippen LogP contribution is 2.53. The van der Waals surface area contributed by atoms with Gasteiger partial charge in [-0.05, 0) is 78.3 Å². The van der Waals surface area contributed by atoms with Crippen LogP contribution in [-0.4, -0.2) is 18.0 Å². The van der Waals surface area contributed by atoms with E-state index >= 15 is 0 Å². The van der Waals surface area contributed by atoms with Gasteiger partial charge in [0.25, 0.3) is 0 Å². The lowest BCUT2D eigenvalue weighted by atomic mass is 9.81. The minimum absolute atomic E-state index is 0.468. The average Bonchev–Trinajstić information content (AvgIpc) is 3.13. The first-order chi connectivity index (χ1) is 12.3. The molecule has 2 aromatic rings. The van der Waals surface area contributed by atoms with E-state index in [-0.39, 0.29) is 0 Å². The average molecular weight is 365 g/mol. The molecule has 5 rings (SSSR count). The Morgan fingerprint density at radius 2 is 1.81 bits per heavy atom. The Bertz CT molecular complexity index is 783. The number of hydrogen-bond donors (Lipinski definition) is 0. The van der Waals surface area contributed by atoms with Crippen molar-refractivity contribution in [1.29, 1.82) is 0 Å². The molecule has 138 valence electrons. The highest BCUT2D eigenvalue weighted by Gasteiger charge is 2.44. The van der Waals surface area contributed by atoms with Crippen LogP contribution in [0.15, 0.2) is 30.6 Å². The normalized spacial score (nSPS) is 24.8. The van der Waals surface area contributed by atoms with E-state index in [1.807, 2.05) is 6.20 Å². The molecule has 0 amide bonds.